The van der Waals surface area contributed by atoms with Crippen LogP contribution in [0.3, 0.4) is 0 Å². The molecule has 8 heteroatoms. The molecule has 0 bridgehead atoms. The van der Waals surface area contributed by atoms with Gasteiger partial charge in [0.05, 0.1) is 11.0 Å². The molecule has 3 N–H and O–H groups in total. The Morgan fingerprint density at radius 2 is 2.04 bits per heavy atom. The smallest absolute Gasteiger partial charge is 0.405 e. The highest BCUT2D eigenvalue weighted by Crippen LogP contribution is 2.23. The lowest BCUT2D eigenvalue weighted by Gasteiger charge is -2.19. The molecule has 0 radical (unpaired) electrons. The first-order chi connectivity index (χ1) is 12.0. The number of nitrogens with one attached hydrogen (secondary N) is 2. The molecule has 1 atom stereocenters. The predicted octanol–water partition coefficient (Wildman–Crippen LogP) is 3.03. The Morgan fingerprint density at radius 1 is 1.28 bits per heavy atom. The number of nitro benzene ring substituents is 1. The molecule has 25 heavy (non-hydrogen) atoms. The summed E-state index contributed by atoms with van der Waals surface area (Å²) in [7, 11) is 0. The highest BCUT2D eigenvalue weighted by Gasteiger charge is 2.16. The molecule has 132 valence electrons. The van der Waals surface area contributed by atoms with Crippen LogP contribution < -0.4 is 15.4 Å². The average Bonchev–Trinajstić information content (AvgIpc) is 2.57. The number of hydrogen-bond acceptors (Lipinski definition) is 5. The fourth-order valence-corrected chi connectivity index (χ4v) is 2.24. The molecule has 0 spiro atoms. The number of carboxylic acid groups (broad SMARTS) is 1. The van der Waals surface area contributed by atoms with Gasteiger partial charge in [-0.2, -0.15) is 0 Å². The van der Waals surface area contributed by atoms with Crippen LogP contribution in [0.15, 0.2) is 48.5 Å². The Hall–Kier alpha value is -3.29. The Morgan fingerprint density at radius 3 is 2.72 bits per heavy atom. The van der Waals surface area contributed by atoms with Crippen LogP contribution >= 0.6 is 0 Å². The fourth-order valence-electron chi connectivity index (χ4n) is 2.24. The van der Waals surface area contributed by atoms with Crippen LogP contribution in [0.2, 0.25) is 0 Å². The molecule has 0 saturated carbocycles. The summed E-state index contributed by atoms with van der Waals surface area (Å²) >= 11 is 0. The summed E-state index contributed by atoms with van der Waals surface area (Å²) < 4.78 is 5.62. The van der Waals surface area contributed by atoms with Crippen LogP contribution in [-0.2, 0) is 0 Å². The van der Waals surface area contributed by atoms with Gasteiger partial charge in [0.15, 0.2) is 0 Å². The molecule has 2 aromatic rings. The lowest BCUT2D eigenvalue weighted by Crippen LogP contribution is -2.43. The Labute approximate surface area is 144 Å². The van der Waals surface area contributed by atoms with Gasteiger partial charge >= 0.3 is 6.09 Å². The quantitative estimate of drug-likeness (QED) is 0.500. The standard InChI is InChI=1S/C17H19N3O5/c1-12-5-4-6-14(9-12)25-11-13(19-17(21)22)10-18-15-7-2-3-8-16(15)20(23)24/h2-9,13,18-19H,10-11H2,1H3,(H,21,22). The third-order valence-corrected chi connectivity index (χ3v) is 3.41. The average molecular weight is 345 g/mol. The first kappa shape index (κ1) is 18.1. The highest BCUT2D eigenvalue weighted by molar-refractivity contribution is 5.65. The summed E-state index contributed by atoms with van der Waals surface area (Å²) in [4.78, 5) is 21.5. The number of nitro groups is 1. The zero-order valence-electron chi connectivity index (χ0n) is 13.6. The molecule has 0 heterocycles. The largest absolute Gasteiger partial charge is 0.491 e. The normalized spacial score (nSPS) is 11.4. The van der Waals surface area contributed by atoms with Crippen LogP contribution in [0.5, 0.6) is 5.75 Å². The van der Waals surface area contributed by atoms with Gasteiger partial charge in [0.1, 0.15) is 18.0 Å². The third kappa shape index (κ3) is 5.69. The van der Waals surface area contributed by atoms with E-state index in [-0.39, 0.29) is 18.8 Å². The molecule has 2 aromatic carbocycles. The lowest BCUT2D eigenvalue weighted by atomic mass is 10.2. The molecule has 0 aromatic heterocycles. The molecule has 0 aliphatic rings. The van der Waals surface area contributed by atoms with Crippen molar-refractivity contribution in [2.24, 2.45) is 0 Å². The SMILES string of the molecule is Cc1cccc(OCC(CNc2ccccc2[N+](=O)[O-])NC(=O)O)c1. The van der Waals surface area contributed by atoms with E-state index in [1.165, 1.54) is 6.07 Å². The number of hydrogen-bond donors (Lipinski definition) is 3. The molecule has 0 aliphatic heterocycles. The highest BCUT2D eigenvalue weighted by atomic mass is 16.6. The first-order valence-corrected chi connectivity index (χ1v) is 7.62. The zero-order chi connectivity index (χ0) is 18.2. The number of rotatable bonds is 8. The molecular weight excluding hydrogens is 326 g/mol. The summed E-state index contributed by atoms with van der Waals surface area (Å²) in [5.41, 5.74) is 1.27. The topological polar surface area (TPSA) is 114 Å². The van der Waals surface area contributed by atoms with Gasteiger partial charge in [-0.15, -0.1) is 0 Å². The van der Waals surface area contributed by atoms with Crippen molar-refractivity contribution >= 4 is 17.5 Å². The van der Waals surface area contributed by atoms with E-state index >= 15 is 0 Å². The van der Waals surface area contributed by atoms with Crippen molar-refractivity contribution in [2.45, 2.75) is 13.0 Å². The van der Waals surface area contributed by atoms with E-state index in [0.29, 0.717) is 11.4 Å². The number of aryl methyl sites for hydroxylation is 1. The second kappa shape index (κ2) is 8.53. The van der Waals surface area contributed by atoms with Gasteiger partial charge in [0.25, 0.3) is 5.69 Å². The second-order valence-corrected chi connectivity index (χ2v) is 5.43. The lowest BCUT2D eigenvalue weighted by molar-refractivity contribution is -0.384. The van der Waals surface area contributed by atoms with Gasteiger partial charge in [-0.05, 0) is 30.7 Å². The summed E-state index contributed by atoms with van der Waals surface area (Å²) in [5.74, 6) is 0.628. The molecule has 1 unspecified atom stereocenters. The molecule has 0 fully saturated rings. The number of anilines is 1. The van der Waals surface area contributed by atoms with Gasteiger partial charge in [-0.3, -0.25) is 10.1 Å². The van der Waals surface area contributed by atoms with Crippen molar-refractivity contribution in [2.75, 3.05) is 18.5 Å². The van der Waals surface area contributed by atoms with Crippen molar-refractivity contribution < 1.29 is 19.6 Å². The molecular formula is C17H19N3O5. The second-order valence-electron chi connectivity index (χ2n) is 5.43. The van der Waals surface area contributed by atoms with Gasteiger partial charge in [0.2, 0.25) is 0 Å². The van der Waals surface area contributed by atoms with E-state index in [0.717, 1.165) is 5.56 Å². The Bertz CT molecular complexity index is 751. The Kier molecular flexibility index (Phi) is 6.16. The maximum atomic E-state index is 11.0. The number of nitrogens with zero attached hydrogens (tertiary/aromatic N) is 1. The van der Waals surface area contributed by atoms with Gasteiger partial charge in [-0.1, -0.05) is 24.3 Å². The number of para-hydroxylation sites is 2. The molecule has 1 amide bonds. The number of benzene rings is 2. The zero-order valence-corrected chi connectivity index (χ0v) is 13.6. The summed E-state index contributed by atoms with van der Waals surface area (Å²) in [6.07, 6.45) is -1.19. The Balaban J connectivity index is 2.00. The summed E-state index contributed by atoms with van der Waals surface area (Å²) in [6.45, 7) is 2.16. The third-order valence-electron chi connectivity index (χ3n) is 3.41. The monoisotopic (exact) mass is 345 g/mol. The maximum absolute atomic E-state index is 11.0. The van der Waals surface area contributed by atoms with Crippen LogP contribution in [0, 0.1) is 17.0 Å². The molecule has 2 rings (SSSR count). The van der Waals surface area contributed by atoms with Crippen LogP contribution in [0.4, 0.5) is 16.2 Å². The van der Waals surface area contributed by atoms with E-state index in [1.54, 1.807) is 24.3 Å². The number of amides is 1. The minimum absolute atomic E-state index is 0.0730. The van der Waals surface area contributed by atoms with Gasteiger partial charge in [0, 0.05) is 12.6 Å². The van der Waals surface area contributed by atoms with Gasteiger partial charge < -0.3 is 20.5 Å². The summed E-state index contributed by atoms with van der Waals surface area (Å²) in [6, 6.07) is 13.0. The minimum atomic E-state index is -1.19. The van der Waals surface area contributed by atoms with Gasteiger partial charge in [-0.25, -0.2) is 4.79 Å². The number of ether oxygens (including phenoxy) is 1. The van der Waals surface area contributed by atoms with Crippen molar-refractivity contribution in [1.82, 2.24) is 5.32 Å². The first-order valence-electron chi connectivity index (χ1n) is 7.62. The number of carbonyl (C=O) groups is 1. The van der Waals surface area contributed by atoms with Crippen LogP contribution in [-0.4, -0.2) is 35.3 Å². The van der Waals surface area contributed by atoms with E-state index in [4.69, 9.17) is 9.84 Å². The van der Waals surface area contributed by atoms with E-state index < -0.39 is 17.1 Å². The van der Waals surface area contributed by atoms with Crippen molar-refractivity contribution in [1.29, 1.82) is 0 Å². The maximum Gasteiger partial charge on any atom is 0.405 e. The molecule has 8 nitrogen and oxygen atoms in total. The van der Waals surface area contributed by atoms with Crippen LogP contribution in [0.1, 0.15) is 5.56 Å². The van der Waals surface area contributed by atoms with E-state index in [1.807, 2.05) is 25.1 Å². The van der Waals surface area contributed by atoms with Crippen molar-refractivity contribution in [3.8, 4) is 5.75 Å². The predicted molar refractivity (Wildman–Crippen MR) is 93.2 cm³/mol. The minimum Gasteiger partial charge on any atom is -0.491 e. The fraction of sp³-hybridized carbons (Fsp3) is 0.235. The van der Waals surface area contributed by atoms with Crippen molar-refractivity contribution in [3.05, 3.63) is 64.2 Å². The van der Waals surface area contributed by atoms with E-state index in [9.17, 15) is 14.9 Å². The van der Waals surface area contributed by atoms with E-state index in [2.05, 4.69) is 10.6 Å². The van der Waals surface area contributed by atoms with Crippen LogP contribution in [0.25, 0.3) is 0 Å². The van der Waals surface area contributed by atoms with Crippen molar-refractivity contribution in [3.63, 3.8) is 0 Å². The molecule has 0 saturated heterocycles. The molecule has 0 aliphatic carbocycles. The summed E-state index contributed by atoms with van der Waals surface area (Å²) in [5, 5.41) is 25.2.